The van der Waals surface area contributed by atoms with Crippen molar-refractivity contribution in [3.8, 4) is 5.75 Å². The predicted octanol–water partition coefficient (Wildman–Crippen LogP) is 4.25. The molecular weight excluding hydrogens is 294 g/mol. The van der Waals surface area contributed by atoms with Crippen LogP contribution in [0.4, 0.5) is 11.5 Å². The molecule has 0 spiro atoms. The molecule has 1 aliphatic carbocycles. The molecular formula is C17H17N3OS. The van der Waals surface area contributed by atoms with E-state index in [2.05, 4.69) is 15.3 Å². The van der Waals surface area contributed by atoms with Gasteiger partial charge < -0.3 is 10.4 Å². The number of anilines is 2. The first-order chi connectivity index (χ1) is 10.6. The number of nitrogens with one attached hydrogen (secondary N) is 1. The fourth-order valence-electron chi connectivity index (χ4n) is 3.07. The van der Waals surface area contributed by atoms with Crippen LogP contribution in [0.2, 0.25) is 0 Å². The molecule has 5 heteroatoms. The van der Waals surface area contributed by atoms with E-state index in [9.17, 15) is 5.11 Å². The van der Waals surface area contributed by atoms with Crippen molar-refractivity contribution in [3.63, 3.8) is 0 Å². The van der Waals surface area contributed by atoms with Crippen molar-refractivity contribution in [3.05, 3.63) is 40.0 Å². The van der Waals surface area contributed by atoms with Gasteiger partial charge in [0.2, 0.25) is 0 Å². The summed E-state index contributed by atoms with van der Waals surface area (Å²) < 4.78 is 0. The van der Waals surface area contributed by atoms with Gasteiger partial charge in [-0.1, -0.05) is 6.07 Å². The lowest BCUT2D eigenvalue weighted by atomic mass is 10.1. The van der Waals surface area contributed by atoms with Crippen molar-refractivity contribution < 1.29 is 5.11 Å². The summed E-state index contributed by atoms with van der Waals surface area (Å²) in [5.41, 5.74) is 3.17. The first-order valence-corrected chi connectivity index (χ1v) is 8.29. The lowest BCUT2D eigenvalue weighted by molar-refractivity contribution is 0.477. The summed E-state index contributed by atoms with van der Waals surface area (Å²) in [4.78, 5) is 11.7. The average molecular weight is 311 g/mol. The van der Waals surface area contributed by atoms with Crippen LogP contribution in [0.15, 0.2) is 18.2 Å². The van der Waals surface area contributed by atoms with Gasteiger partial charge in [-0.25, -0.2) is 9.97 Å². The molecule has 22 heavy (non-hydrogen) atoms. The van der Waals surface area contributed by atoms with Crippen molar-refractivity contribution in [2.45, 2.75) is 33.1 Å². The van der Waals surface area contributed by atoms with Gasteiger partial charge in [0.25, 0.3) is 0 Å². The van der Waals surface area contributed by atoms with Crippen LogP contribution in [-0.2, 0) is 12.8 Å². The number of benzene rings is 1. The first kappa shape index (κ1) is 13.5. The second-order valence-electron chi connectivity index (χ2n) is 5.80. The predicted molar refractivity (Wildman–Crippen MR) is 90.3 cm³/mol. The Bertz CT molecular complexity index is 885. The molecule has 3 aromatic rings. The van der Waals surface area contributed by atoms with E-state index < -0.39 is 0 Å². The second-order valence-corrected chi connectivity index (χ2v) is 6.89. The Labute approximate surface area is 132 Å². The molecule has 0 bridgehead atoms. The third-order valence-corrected chi connectivity index (χ3v) is 5.27. The van der Waals surface area contributed by atoms with Gasteiger partial charge in [0.15, 0.2) is 0 Å². The number of phenols is 1. The molecule has 112 valence electrons. The van der Waals surface area contributed by atoms with Crippen LogP contribution in [-0.4, -0.2) is 15.1 Å². The zero-order valence-corrected chi connectivity index (χ0v) is 13.4. The van der Waals surface area contributed by atoms with E-state index in [0.29, 0.717) is 5.69 Å². The van der Waals surface area contributed by atoms with Crippen LogP contribution in [0.5, 0.6) is 5.75 Å². The topological polar surface area (TPSA) is 58.0 Å². The first-order valence-electron chi connectivity index (χ1n) is 7.47. The molecule has 1 aliphatic rings. The molecule has 1 aromatic carbocycles. The Morgan fingerprint density at radius 3 is 2.91 bits per heavy atom. The standard InChI is InChI=1S/C17H17N3OS/c1-9-6-7-13(21)12(8-9)20-16-15-11-4-3-5-14(11)22-17(15)19-10(2)18-16/h6-8,21H,3-5H2,1-2H3,(H,18,19,20). The highest BCUT2D eigenvalue weighted by Crippen LogP contribution is 2.40. The lowest BCUT2D eigenvalue weighted by Crippen LogP contribution is -1.99. The number of hydrogen-bond donors (Lipinski definition) is 2. The van der Waals surface area contributed by atoms with E-state index in [4.69, 9.17) is 0 Å². The molecule has 0 atom stereocenters. The van der Waals surface area contributed by atoms with Gasteiger partial charge >= 0.3 is 0 Å². The molecule has 2 N–H and O–H groups in total. The van der Waals surface area contributed by atoms with Gasteiger partial charge in [-0.05, 0) is 56.4 Å². The highest BCUT2D eigenvalue weighted by Gasteiger charge is 2.22. The molecule has 2 heterocycles. The fraction of sp³-hybridized carbons (Fsp3) is 0.294. The number of hydrogen-bond acceptors (Lipinski definition) is 5. The van der Waals surface area contributed by atoms with Crippen LogP contribution < -0.4 is 5.32 Å². The molecule has 0 radical (unpaired) electrons. The molecule has 0 aliphatic heterocycles. The van der Waals surface area contributed by atoms with E-state index in [1.54, 1.807) is 17.4 Å². The molecule has 2 aromatic heterocycles. The minimum absolute atomic E-state index is 0.238. The largest absolute Gasteiger partial charge is 0.506 e. The van der Waals surface area contributed by atoms with E-state index in [1.165, 1.54) is 16.9 Å². The number of thiophene rings is 1. The summed E-state index contributed by atoms with van der Waals surface area (Å²) in [6, 6.07) is 5.54. The molecule has 0 amide bonds. The Balaban J connectivity index is 1.89. The van der Waals surface area contributed by atoms with Crippen LogP contribution in [0.25, 0.3) is 10.2 Å². The number of fused-ring (bicyclic) bond motifs is 3. The van der Waals surface area contributed by atoms with Gasteiger partial charge in [0.05, 0.1) is 11.1 Å². The second kappa shape index (κ2) is 4.95. The molecule has 0 fully saturated rings. The molecule has 4 nitrogen and oxygen atoms in total. The van der Waals surface area contributed by atoms with Gasteiger partial charge in [-0.3, -0.25) is 0 Å². The summed E-state index contributed by atoms with van der Waals surface area (Å²) in [5.74, 6) is 1.80. The molecule has 0 saturated carbocycles. The van der Waals surface area contributed by atoms with Gasteiger partial charge in [0.1, 0.15) is 22.2 Å². The van der Waals surface area contributed by atoms with Gasteiger partial charge in [-0.2, -0.15) is 0 Å². The number of nitrogens with zero attached hydrogens (tertiary/aromatic N) is 2. The number of aromatic nitrogens is 2. The maximum atomic E-state index is 10.1. The van der Waals surface area contributed by atoms with Crippen molar-refractivity contribution in [2.75, 3.05) is 5.32 Å². The van der Waals surface area contributed by atoms with Crippen molar-refractivity contribution in [1.82, 2.24) is 9.97 Å². The van der Waals surface area contributed by atoms with E-state index in [0.717, 1.165) is 40.3 Å². The number of aryl methyl sites for hydroxylation is 4. The minimum atomic E-state index is 0.238. The quantitative estimate of drug-likeness (QED) is 0.695. The fourth-order valence-corrected chi connectivity index (χ4v) is 4.38. The van der Waals surface area contributed by atoms with Crippen LogP contribution >= 0.6 is 11.3 Å². The van der Waals surface area contributed by atoms with Crippen molar-refractivity contribution in [1.29, 1.82) is 0 Å². The Morgan fingerprint density at radius 2 is 2.05 bits per heavy atom. The Hall–Kier alpha value is -2.14. The van der Waals surface area contributed by atoms with E-state index >= 15 is 0 Å². The highest BCUT2D eigenvalue weighted by molar-refractivity contribution is 7.19. The zero-order valence-electron chi connectivity index (χ0n) is 12.6. The van der Waals surface area contributed by atoms with Crippen LogP contribution in [0.3, 0.4) is 0 Å². The normalized spacial score (nSPS) is 13.5. The van der Waals surface area contributed by atoms with Crippen molar-refractivity contribution in [2.24, 2.45) is 0 Å². The monoisotopic (exact) mass is 311 g/mol. The maximum absolute atomic E-state index is 10.1. The Morgan fingerprint density at radius 1 is 1.18 bits per heavy atom. The molecule has 4 rings (SSSR count). The number of phenolic OH excluding ortho intramolecular Hbond substituents is 1. The maximum Gasteiger partial charge on any atom is 0.143 e. The Kier molecular flexibility index (Phi) is 3.04. The smallest absolute Gasteiger partial charge is 0.143 e. The number of aromatic hydroxyl groups is 1. The van der Waals surface area contributed by atoms with Crippen LogP contribution in [0.1, 0.15) is 28.2 Å². The van der Waals surface area contributed by atoms with E-state index in [1.807, 2.05) is 26.0 Å². The third-order valence-electron chi connectivity index (χ3n) is 4.08. The van der Waals surface area contributed by atoms with E-state index in [-0.39, 0.29) is 5.75 Å². The van der Waals surface area contributed by atoms with Gasteiger partial charge in [0, 0.05) is 4.88 Å². The summed E-state index contributed by atoms with van der Waals surface area (Å²) in [5, 5.41) is 14.5. The summed E-state index contributed by atoms with van der Waals surface area (Å²) in [6.45, 7) is 3.92. The third kappa shape index (κ3) is 2.13. The minimum Gasteiger partial charge on any atom is -0.506 e. The molecule has 0 saturated heterocycles. The summed E-state index contributed by atoms with van der Waals surface area (Å²) >= 11 is 1.78. The summed E-state index contributed by atoms with van der Waals surface area (Å²) in [7, 11) is 0. The van der Waals surface area contributed by atoms with Crippen LogP contribution in [0, 0.1) is 13.8 Å². The SMILES string of the molecule is Cc1ccc(O)c(Nc2nc(C)nc3sc4c(c23)CCC4)c1. The number of rotatable bonds is 2. The summed E-state index contributed by atoms with van der Waals surface area (Å²) in [6.07, 6.45) is 3.45. The average Bonchev–Trinajstić information content (AvgIpc) is 3.02. The molecule has 0 unspecified atom stereocenters. The highest BCUT2D eigenvalue weighted by atomic mass is 32.1. The van der Waals surface area contributed by atoms with Crippen molar-refractivity contribution >= 4 is 33.1 Å². The lowest BCUT2D eigenvalue weighted by Gasteiger charge is -2.11. The van der Waals surface area contributed by atoms with Gasteiger partial charge in [-0.15, -0.1) is 11.3 Å². The zero-order chi connectivity index (χ0) is 15.3.